The molecule has 3 atom stereocenters. The van der Waals surface area contributed by atoms with Gasteiger partial charge in [-0.2, -0.15) is 0 Å². The monoisotopic (exact) mass is 328 g/mol. The van der Waals surface area contributed by atoms with Gasteiger partial charge in [0, 0.05) is 19.5 Å². The maximum atomic E-state index is 12.7. The van der Waals surface area contributed by atoms with Crippen molar-refractivity contribution in [1.29, 1.82) is 0 Å². The number of carbonyl (C=O) groups excluding carboxylic acids is 2. The van der Waals surface area contributed by atoms with E-state index in [1.807, 2.05) is 11.0 Å². The highest BCUT2D eigenvalue weighted by molar-refractivity contribution is 5.87. The van der Waals surface area contributed by atoms with E-state index >= 15 is 0 Å². The lowest BCUT2D eigenvalue weighted by molar-refractivity contribution is -0.718. The van der Waals surface area contributed by atoms with Crippen LogP contribution in [-0.4, -0.2) is 41.4 Å². The first-order chi connectivity index (χ1) is 11.7. The molecule has 2 heterocycles. The summed E-state index contributed by atoms with van der Waals surface area (Å²) in [6.45, 7) is 1.44. The van der Waals surface area contributed by atoms with E-state index < -0.39 is 0 Å². The molecule has 2 fully saturated rings. The maximum absolute atomic E-state index is 12.7. The molecule has 1 saturated heterocycles. The summed E-state index contributed by atoms with van der Waals surface area (Å²) in [6, 6.07) is 8.82. The molecule has 0 radical (unpaired) electrons. The van der Waals surface area contributed by atoms with Crippen LogP contribution in [-0.2, 0) is 22.6 Å². The lowest BCUT2D eigenvalue weighted by Crippen LogP contribution is -3.03. The number of amides is 2. The van der Waals surface area contributed by atoms with Crippen molar-refractivity contribution < 1.29 is 14.9 Å². The highest BCUT2D eigenvalue weighted by Crippen LogP contribution is 2.21. The molecule has 1 aromatic rings. The summed E-state index contributed by atoms with van der Waals surface area (Å²) in [7, 11) is 0. The van der Waals surface area contributed by atoms with Crippen LogP contribution in [0.15, 0.2) is 24.3 Å². The fourth-order valence-electron chi connectivity index (χ4n) is 4.43. The summed E-state index contributed by atoms with van der Waals surface area (Å²) in [6.07, 6.45) is 5.89. The first-order valence-electron chi connectivity index (χ1n) is 9.20. The molecule has 128 valence electrons. The van der Waals surface area contributed by atoms with Crippen molar-refractivity contribution in [2.45, 2.75) is 63.2 Å². The molecule has 0 aromatic heterocycles. The molecule has 4 rings (SSSR count). The number of quaternary nitrogens is 1. The third-order valence-electron chi connectivity index (χ3n) is 5.84. The first kappa shape index (κ1) is 15.6. The SMILES string of the molecule is O=C1N[C@H]2CCCC[C@H]2[NH2+][C@H]1CC(=O)N1CCc2ccccc2C1. The maximum Gasteiger partial charge on any atom is 0.279 e. The predicted molar refractivity (Wildman–Crippen MR) is 90.1 cm³/mol. The second-order valence-electron chi connectivity index (χ2n) is 7.40. The quantitative estimate of drug-likeness (QED) is 0.822. The number of hydrogen-bond donors (Lipinski definition) is 2. The Morgan fingerprint density at radius 2 is 2.00 bits per heavy atom. The Morgan fingerprint density at radius 1 is 1.21 bits per heavy atom. The number of rotatable bonds is 2. The van der Waals surface area contributed by atoms with E-state index in [1.165, 1.54) is 24.0 Å². The average Bonchev–Trinajstić information content (AvgIpc) is 2.62. The number of fused-ring (bicyclic) bond motifs is 2. The zero-order chi connectivity index (χ0) is 16.5. The normalized spacial score (nSPS) is 29.4. The van der Waals surface area contributed by atoms with Gasteiger partial charge in [0.1, 0.15) is 6.04 Å². The predicted octanol–water partition coefficient (Wildman–Crippen LogP) is 0.334. The van der Waals surface area contributed by atoms with E-state index in [2.05, 4.69) is 28.8 Å². The average molecular weight is 328 g/mol. The molecule has 3 N–H and O–H groups in total. The summed E-state index contributed by atoms with van der Waals surface area (Å²) in [4.78, 5) is 27.0. The zero-order valence-electron chi connectivity index (χ0n) is 14.0. The minimum absolute atomic E-state index is 0.0453. The van der Waals surface area contributed by atoms with Crippen molar-refractivity contribution in [1.82, 2.24) is 10.2 Å². The van der Waals surface area contributed by atoms with Crippen LogP contribution >= 0.6 is 0 Å². The van der Waals surface area contributed by atoms with Gasteiger partial charge in [-0.05, 0) is 30.4 Å². The molecule has 0 spiro atoms. The smallest absolute Gasteiger partial charge is 0.279 e. The Hall–Kier alpha value is -1.88. The highest BCUT2D eigenvalue weighted by atomic mass is 16.2. The van der Waals surface area contributed by atoms with Gasteiger partial charge in [0.2, 0.25) is 5.91 Å². The van der Waals surface area contributed by atoms with Crippen molar-refractivity contribution in [2.24, 2.45) is 0 Å². The lowest BCUT2D eigenvalue weighted by Gasteiger charge is -2.38. The molecule has 5 heteroatoms. The molecule has 0 bridgehead atoms. The largest absolute Gasteiger partial charge is 0.342 e. The standard InChI is InChI=1S/C19H25N3O2/c23-18(22-10-9-13-5-1-2-6-14(13)12-22)11-17-19(24)21-16-8-4-3-7-15(16)20-17/h1-2,5-6,15-17,20H,3-4,7-12H2,(H,21,24)/p+1/t15-,16+,17+/m1/s1. The molecule has 2 amide bonds. The van der Waals surface area contributed by atoms with Crippen LogP contribution in [0, 0.1) is 0 Å². The van der Waals surface area contributed by atoms with Crippen molar-refractivity contribution >= 4 is 11.8 Å². The molecule has 2 aliphatic heterocycles. The van der Waals surface area contributed by atoms with Crippen molar-refractivity contribution in [3.63, 3.8) is 0 Å². The van der Waals surface area contributed by atoms with E-state index in [0.29, 0.717) is 25.0 Å². The van der Waals surface area contributed by atoms with Gasteiger partial charge in [-0.25, -0.2) is 0 Å². The van der Waals surface area contributed by atoms with Gasteiger partial charge < -0.3 is 15.5 Å². The van der Waals surface area contributed by atoms with Gasteiger partial charge in [0.05, 0.1) is 12.5 Å². The number of piperazine rings is 1. The summed E-state index contributed by atoms with van der Waals surface area (Å²) in [5, 5.41) is 5.32. The molecule has 24 heavy (non-hydrogen) atoms. The van der Waals surface area contributed by atoms with E-state index in [9.17, 15) is 9.59 Å². The van der Waals surface area contributed by atoms with E-state index in [1.54, 1.807) is 0 Å². The minimum atomic E-state index is -0.256. The van der Waals surface area contributed by atoms with Crippen LogP contribution in [0.5, 0.6) is 0 Å². The van der Waals surface area contributed by atoms with E-state index in [0.717, 1.165) is 25.8 Å². The van der Waals surface area contributed by atoms with E-state index in [4.69, 9.17) is 0 Å². The topological polar surface area (TPSA) is 66.0 Å². The molecule has 3 aliphatic rings. The second kappa shape index (κ2) is 6.55. The number of benzene rings is 1. The molecule has 5 nitrogen and oxygen atoms in total. The zero-order valence-corrected chi connectivity index (χ0v) is 14.0. The highest BCUT2D eigenvalue weighted by Gasteiger charge is 2.41. The molecular formula is C19H26N3O2+. The van der Waals surface area contributed by atoms with Gasteiger partial charge in [0.25, 0.3) is 5.91 Å². The second-order valence-corrected chi connectivity index (χ2v) is 7.40. The lowest BCUT2D eigenvalue weighted by atomic mass is 9.87. The summed E-state index contributed by atoms with van der Waals surface area (Å²) < 4.78 is 0. The van der Waals surface area contributed by atoms with Gasteiger partial charge in [-0.3, -0.25) is 9.59 Å². The number of nitrogens with one attached hydrogen (secondary N) is 1. The van der Waals surface area contributed by atoms with Gasteiger partial charge in [-0.15, -0.1) is 0 Å². The Bertz CT molecular complexity index is 645. The van der Waals surface area contributed by atoms with Crippen LogP contribution in [0.3, 0.4) is 0 Å². The van der Waals surface area contributed by atoms with Gasteiger partial charge in [-0.1, -0.05) is 30.7 Å². The van der Waals surface area contributed by atoms with Crippen LogP contribution < -0.4 is 10.6 Å². The number of hydrogen-bond acceptors (Lipinski definition) is 2. The molecule has 0 unspecified atom stereocenters. The molecular weight excluding hydrogens is 302 g/mol. The third kappa shape index (κ3) is 3.05. The van der Waals surface area contributed by atoms with Crippen LogP contribution in [0.1, 0.15) is 43.2 Å². The van der Waals surface area contributed by atoms with Crippen LogP contribution in [0.2, 0.25) is 0 Å². The van der Waals surface area contributed by atoms with Crippen LogP contribution in [0.4, 0.5) is 0 Å². The Morgan fingerprint density at radius 3 is 2.88 bits per heavy atom. The Balaban J connectivity index is 1.38. The summed E-state index contributed by atoms with van der Waals surface area (Å²) in [5.74, 6) is 0.152. The first-order valence-corrected chi connectivity index (χ1v) is 9.20. The van der Waals surface area contributed by atoms with Crippen molar-refractivity contribution in [3.8, 4) is 0 Å². The van der Waals surface area contributed by atoms with Crippen LogP contribution in [0.25, 0.3) is 0 Å². The molecule has 1 saturated carbocycles. The number of nitrogens with two attached hydrogens (primary N) is 1. The molecule has 1 aliphatic carbocycles. The fourth-order valence-corrected chi connectivity index (χ4v) is 4.43. The summed E-state index contributed by atoms with van der Waals surface area (Å²) >= 11 is 0. The van der Waals surface area contributed by atoms with Gasteiger partial charge in [0.15, 0.2) is 6.04 Å². The number of carbonyl (C=O) groups is 2. The third-order valence-corrected chi connectivity index (χ3v) is 5.84. The van der Waals surface area contributed by atoms with E-state index in [-0.39, 0.29) is 17.9 Å². The van der Waals surface area contributed by atoms with Crippen molar-refractivity contribution in [2.75, 3.05) is 6.54 Å². The minimum Gasteiger partial charge on any atom is -0.342 e. The number of nitrogens with zero attached hydrogens (tertiary/aromatic N) is 1. The summed E-state index contributed by atoms with van der Waals surface area (Å²) in [5.41, 5.74) is 2.58. The Kier molecular flexibility index (Phi) is 4.27. The Labute approximate surface area is 142 Å². The van der Waals surface area contributed by atoms with Gasteiger partial charge >= 0.3 is 0 Å². The van der Waals surface area contributed by atoms with Crippen molar-refractivity contribution in [3.05, 3.63) is 35.4 Å². The fraction of sp³-hybridized carbons (Fsp3) is 0.579. The molecule has 1 aromatic carbocycles.